The maximum Gasteiger partial charge on any atom is 0.182 e. The molecule has 2 aromatic heterocycles. The number of para-hydroxylation sites is 2. The molecule has 1 aliphatic rings. The minimum absolute atomic E-state index is 0.106. The molecule has 0 radical (unpaired) electrons. The van der Waals surface area contributed by atoms with Crippen LogP contribution in [0.5, 0.6) is 0 Å². The number of hydroxylamine groups is 1. The first-order valence-corrected chi connectivity index (χ1v) is 6.35. The molecule has 7 heteroatoms. The summed E-state index contributed by atoms with van der Waals surface area (Å²) in [6.07, 6.45) is 5.05. The van der Waals surface area contributed by atoms with Gasteiger partial charge in [0.25, 0.3) is 0 Å². The highest BCUT2D eigenvalue weighted by Gasteiger charge is 2.32. The van der Waals surface area contributed by atoms with E-state index >= 15 is 0 Å². The van der Waals surface area contributed by atoms with Gasteiger partial charge in [-0.15, -0.1) is 5.10 Å². The van der Waals surface area contributed by atoms with E-state index in [4.69, 9.17) is 0 Å². The van der Waals surface area contributed by atoms with Gasteiger partial charge >= 0.3 is 0 Å². The minimum atomic E-state index is -0.258. The van der Waals surface area contributed by atoms with Crippen molar-refractivity contribution in [1.29, 1.82) is 0 Å². The number of nitrogens with one attached hydrogen (secondary N) is 1. The van der Waals surface area contributed by atoms with Crippen LogP contribution >= 0.6 is 0 Å². The Morgan fingerprint density at radius 2 is 2.15 bits per heavy atom. The van der Waals surface area contributed by atoms with Crippen molar-refractivity contribution >= 4 is 5.69 Å². The van der Waals surface area contributed by atoms with Crippen LogP contribution < -0.4 is 5.06 Å². The lowest BCUT2D eigenvalue weighted by Gasteiger charge is -2.35. The van der Waals surface area contributed by atoms with Crippen molar-refractivity contribution in [2.24, 2.45) is 0 Å². The largest absolute Gasteiger partial charge is 0.628 e. The summed E-state index contributed by atoms with van der Waals surface area (Å²) in [5, 5.41) is 20.4. The fourth-order valence-electron chi connectivity index (χ4n) is 2.69. The molecule has 0 spiro atoms. The molecule has 1 N–H and O–H groups in total. The van der Waals surface area contributed by atoms with Crippen molar-refractivity contribution in [1.82, 2.24) is 24.5 Å². The topological polar surface area (TPSA) is 76.0 Å². The van der Waals surface area contributed by atoms with Gasteiger partial charge in [0.05, 0.1) is 12.4 Å². The highest BCUT2D eigenvalue weighted by molar-refractivity contribution is 5.56. The minimum Gasteiger partial charge on any atom is -0.628 e. The summed E-state index contributed by atoms with van der Waals surface area (Å²) < 4.78 is 3.54. The van der Waals surface area contributed by atoms with Gasteiger partial charge in [0.2, 0.25) is 0 Å². The number of rotatable bonds is 1. The highest BCUT2D eigenvalue weighted by atomic mass is 16.5. The summed E-state index contributed by atoms with van der Waals surface area (Å²) in [6, 6.07) is 7.32. The van der Waals surface area contributed by atoms with Crippen molar-refractivity contribution < 1.29 is 5.06 Å². The lowest BCUT2D eigenvalue weighted by molar-refractivity contribution is -0.813. The van der Waals surface area contributed by atoms with Crippen LogP contribution in [-0.2, 0) is 0 Å². The maximum absolute atomic E-state index is 12.5. The third-order valence-corrected chi connectivity index (χ3v) is 3.66. The van der Waals surface area contributed by atoms with E-state index in [-0.39, 0.29) is 11.1 Å². The molecule has 0 fully saturated rings. The zero-order valence-electron chi connectivity index (χ0n) is 10.8. The van der Waals surface area contributed by atoms with Gasteiger partial charge < -0.3 is 10.3 Å². The molecule has 0 aliphatic carbocycles. The molecule has 100 valence electrons. The van der Waals surface area contributed by atoms with Gasteiger partial charge in [-0.1, -0.05) is 17.3 Å². The summed E-state index contributed by atoms with van der Waals surface area (Å²) in [4.78, 5) is 4.40. The lowest BCUT2D eigenvalue weighted by Crippen LogP contribution is -3.03. The molecule has 2 unspecified atom stereocenters. The quantitative estimate of drug-likeness (QED) is 0.654. The SMILES string of the molecule is CC1c2c(-n3ccnn3)ncn2-c2ccccc2[NH+]1[O-]. The van der Waals surface area contributed by atoms with Crippen molar-refractivity contribution in [3.8, 4) is 11.5 Å². The Kier molecular flexibility index (Phi) is 2.26. The van der Waals surface area contributed by atoms with Gasteiger partial charge in [0, 0.05) is 6.07 Å². The third-order valence-electron chi connectivity index (χ3n) is 3.66. The highest BCUT2D eigenvalue weighted by Crippen LogP contribution is 2.30. The van der Waals surface area contributed by atoms with Crippen LogP contribution in [0.4, 0.5) is 5.69 Å². The average molecular weight is 268 g/mol. The molecular weight excluding hydrogens is 256 g/mol. The molecule has 3 aromatic rings. The summed E-state index contributed by atoms with van der Waals surface area (Å²) in [5.41, 5.74) is 2.44. The van der Waals surface area contributed by atoms with Gasteiger partial charge in [0.1, 0.15) is 23.8 Å². The Bertz CT molecular complexity index is 763. The third kappa shape index (κ3) is 1.38. The first-order chi connectivity index (χ1) is 9.77. The molecule has 0 amide bonds. The molecule has 4 rings (SSSR count). The van der Waals surface area contributed by atoms with E-state index in [0.717, 1.165) is 17.1 Å². The molecule has 1 aromatic carbocycles. The maximum atomic E-state index is 12.5. The van der Waals surface area contributed by atoms with Gasteiger partial charge in [0.15, 0.2) is 11.5 Å². The van der Waals surface area contributed by atoms with Crippen molar-refractivity contribution in [2.45, 2.75) is 13.0 Å². The molecule has 1 aliphatic heterocycles. The number of aromatic nitrogens is 5. The van der Waals surface area contributed by atoms with Crippen LogP contribution in [-0.4, -0.2) is 24.5 Å². The van der Waals surface area contributed by atoms with E-state index in [1.807, 2.05) is 35.8 Å². The smallest absolute Gasteiger partial charge is 0.182 e. The number of imidazole rings is 1. The summed E-state index contributed by atoms with van der Waals surface area (Å²) in [7, 11) is 0. The van der Waals surface area contributed by atoms with E-state index in [1.165, 1.54) is 0 Å². The lowest BCUT2D eigenvalue weighted by atomic mass is 10.1. The van der Waals surface area contributed by atoms with E-state index < -0.39 is 0 Å². The van der Waals surface area contributed by atoms with Crippen LogP contribution in [0.25, 0.3) is 11.5 Å². The second-order valence-corrected chi connectivity index (χ2v) is 4.77. The van der Waals surface area contributed by atoms with E-state index in [1.54, 1.807) is 23.4 Å². The van der Waals surface area contributed by atoms with Crippen LogP contribution in [0.1, 0.15) is 18.7 Å². The number of hydrogen-bond donors (Lipinski definition) is 1. The van der Waals surface area contributed by atoms with Gasteiger partial charge in [-0.2, -0.15) is 0 Å². The number of quaternary nitrogens is 1. The fraction of sp³-hybridized carbons (Fsp3) is 0.154. The summed E-state index contributed by atoms with van der Waals surface area (Å²) in [5.74, 6) is 0.651. The molecule has 2 atom stereocenters. The monoisotopic (exact) mass is 268 g/mol. The van der Waals surface area contributed by atoms with Crippen LogP contribution in [0.3, 0.4) is 0 Å². The number of hydrogen-bond acceptors (Lipinski definition) is 4. The number of fused-ring (bicyclic) bond motifs is 3. The predicted molar refractivity (Wildman–Crippen MR) is 70.9 cm³/mol. The second kappa shape index (κ2) is 3.99. The van der Waals surface area contributed by atoms with Crippen LogP contribution in [0, 0.1) is 5.21 Å². The Morgan fingerprint density at radius 3 is 2.95 bits per heavy atom. The zero-order valence-corrected chi connectivity index (χ0v) is 10.8. The second-order valence-electron chi connectivity index (χ2n) is 4.77. The molecule has 20 heavy (non-hydrogen) atoms. The van der Waals surface area contributed by atoms with Gasteiger partial charge in [-0.3, -0.25) is 4.57 Å². The zero-order chi connectivity index (χ0) is 13.7. The van der Waals surface area contributed by atoms with Crippen LogP contribution in [0.15, 0.2) is 43.0 Å². The number of benzene rings is 1. The standard InChI is InChI=1S/C13H12N6O/c1-9-12-13(18-7-6-15-16-18)14-8-17(12)10-4-2-3-5-11(10)19(9)20/h2-9,19H,1H3. The summed E-state index contributed by atoms with van der Waals surface area (Å²) >= 11 is 0. The van der Waals surface area contributed by atoms with Gasteiger partial charge in [-0.25, -0.2) is 9.67 Å². The Balaban J connectivity index is 2.00. The summed E-state index contributed by atoms with van der Waals surface area (Å²) in [6.45, 7) is 1.90. The molecule has 0 saturated heterocycles. The fourth-order valence-corrected chi connectivity index (χ4v) is 2.69. The van der Waals surface area contributed by atoms with Crippen LogP contribution in [0.2, 0.25) is 0 Å². The predicted octanol–water partition coefficient (Wildman–Crippen LogP) is 0.542. The molecular formula is C13H12N6O. The first kappa shape index (κ1) is 11.3. The van der Waals surface area contributed by atoms with E-state index in [2.05, 4.69) is 15.3 Å². The van der Waals surface area contributed by atoms with E-state index in [9.17, 15) is 5.21 Å². The van der Waals surface area contributed by atoms with Crippen molar-refractivity contribution in [2.75, 3.05) is 0 Å². The molecule has 7 nitrogen and oxygen atoms in total. The Hall–Kier alpha value is -2.51. The Labute approximate surface area is 114 Å². The Morgan fingerprint density at radius 1 is 1.30 bits per heavy atom. The van der Waals surface area contributed by atoms with Gasteiger partial charge in [-0.05, 0) is 13.0 Å². The van der Waals surface area contributed by atoms with E-state index in [0.29, 0.717) is 5.82 Å². The molecule has 0 bridgehead atoms. The number of nitrogens with zero attached hydrogens (tertiary/aromatic N) is 5. The van der Waals surface area contributed by atoms with Crippen molar-refractivity contribution in [3.63, 3.8) is 0 Å². The molecule has 0 saturated carbocycles. The molecule has 3 heterocycles. The normalized spacial score (nSPS) is 20.5. The first-order valence-electron chi connectivity index (χ1n) is 6.35. The average Bonchev–Trinajstić information content (AvgIpc) is 3.13. The van der Waals surface area contributed by atoms with Crippen molar-refractivity contribution in [3.05, 3.63) is 53.9 Å².